The summed E-state index contributed by atoms with van der Waals surface area (Å²) in [6, 6.07) is 0. The molecular formula is C9H20O2. The molecule has 0 aromatic carbocycles. The average molecular weight is 160 g/mol. The molecule has 0 amide bonds. The third-order valence-electron chi connectivity index (χ3n) is 2.19. The van der Waals surface area contributed by atoms with E-state index >= 15 is 0 Å². The first-order valence-corrected chi connectivity index (χ1v) is 4.22. The van der Waals surface area contributed by atoms with E-state index in [0.29, 0.717) is 6.42 Å². The molecule has 0 aliphatic rings. The second-order valence-electron chi connectivity index (χ2n) is 4.13. The van der Waals surface area contributed by atoms with Crippen molar-refractivity contribution >= 4 is 0 Å². The molecule has 11 heavy (non-hydrogen) atoms. The van der Waals surface area contributed by atoms with Crippen molar-refractivity contribution < 1.29 is 10.2 Å². The lowest BCUT2D eigenvalue weighted by atomic mass is 9.77. The molecular weight excluding hydrogens is 140 g/mol. The number of hydrogen-bond acceptors (Lipinski definition) is 2. The lowest BCUT2D eigenvalue weighted by Gasteiger charge is -2.32. The zero-order valence-electron chi connectivity index (χ0n) is 7.96. The molecule has 0 spiro atoms. The first kappa shape index (κ1) is 10.9. The monoisotopic (exact) mass is 160 g/mol. The minimum atomic E-state index is -0.375. The Morgan fingerprint density at radius 1 is 1.27 bits per heavy atom. The van der Waals surface area contributed by atoms with Crippen LogP contribution in [-0.4, -0.2) is 22.9 Å². The van der Waals surface area contributed by atoms with Crippen molar-refractivity contribution in [1.29, 1.82) is 0 Å². The Bertz CT molecular complexity index is 105. The van der Waals surface area contributed by atoms with Crippen molar-refractivity contribution in [3.63, 3.8) is 0 Å². The van der Waals surface area contributed by atoms with Gasteiger partial charge in [-0.3, -0.25) is 0 Å². The normalized spacial score (nSPS) is 18.0. The van der Waals surface area contributed by atoms with E-state index in [1.165, 1.54) is 0 Å². The Balaban J connectivity index is 4.16. The summed E-state index contributed by atoms with van der Waals surface area (Å²) in [5.41, 5.74) is -0.00975. The zero-order chi connectivity index (χ0) is 9.07. The van der Waals surface area contributed by atoms with Gasteiger partial charge in [0.1, 0.15) is 0 Å². The van der Waals surface area contributed by atoms with Crippen LogP contribution in [0.2, 0.25) is 0 Å². The first-order chi connectivity index (χ1) is 4.93. The Hall–Kier alpha value is -0.0800. The second-order valence-corrected chi connectivity index (χ2v) is 4.13. The van der Waals surface area contributed by atoms with Gasteiger partial charge in [0.25, 0.3) is 0 Å². The van der Waals surface area contributed by atoms with Gasteiger partial charge in [0.05, 0.1) is 6.10 Å². The highest BCUT2D eigenvalue weighted by atomic mass is 16.3. The third kappa shape index (κ3) is 3.21. The minimum Gasteiger partial charge on any atom is -0.396 e. The van der Waals surface area contributed by atoms with Crippen molar-refractivity contribution in [2.75, 3.05) is 6.61 Å². The van der Waals surface area contributed by atoms with Crippen LogP contribution in [0.15, 0.2) is 0 Å². The van der Waals surface area contributed by atoms with Crippen LogP contribution in [0.1, 0.15) is 34.1 Å². The summed E-state index contributed by atoms with van der Waals surface area (Å²) >= 11 is 0. The van der Waals surface area contributed by atoms with Gasteiger partial charge in [-0.25, -0.2) is 0 Å². The SMILES string of the molecule is CCC(O)C(CO)C(C)(C)C. The number of aliphatic hydroxyl groups is 2. The van der Waals surface area contributed by atoms with Crippen LogP contribution in [0.3, 0.4) is 0 Å². The molecule has 0 rings (SSSR count). The van der Waals surface area contributed by atoms with Crippen LogP contribution in [0.4, 0.5) is 0 Å². The van der Waals surface area contributed by atoms with E-state index in [9.17, 15) is 5.11 Å². The molecule has 2 unspecified atom stereocenters. The molecule has 2 atom stereocenters. The quantitative estimate of drug-likeness (QED) is 0.655. The van der Waals surface area contributed by atoms with Crippen molar-refractivity contribution in [2.24, 2.45) is 11.3 Å². The maximum atomic E-state index is 9.49. The summed E-state index contributed by atoms with van der Waals surface area (Å²) < 4.78 is 0. The summed E-state index contributed by atoms with van der Waals surface area (Å²) in [6.45, 7) is 8.10. The van der Waals surface area contributed by atoms with Gasteiger partial charge in [-0.05, 0) is 11.8 Å². The highest BCUT2D eigenvalue weighted by molar-refractivity contribution is 4.78. The molecule has 0 aliphatic carbocycles. The van der Waals surface area contributed by atoms with Gasteiger partial charge in [0, 0.05) is 12.5 Å². The number of aliphatic hydroxyl groups excluding tert-OH is 2. The molecule has 0 fully saturated rings. The fourth-order valence-electron chi connectivity index (χ4n) is 1.26. The van der Waals surface area contributed by atoms with Crippen molar-refractivity contribution in [1.82, 2.24) is 0 Å². The van der Waals surface area contributed by atoms with E-state index < -0.39 is 0 Å². The Morgan fingerprint density at radius 3 is 1.82 bits per heavy atom. The molecule has 2 N–H and O–H groups in total. The molecule has 2 heteroatoms. The van der Waals surface area contributed by atoms with Crippen molar-refractivity contribution in [3.8, 4) is 0 Å². The zero-order valence-corrected chi connectivity index (χ0v) is 7.96. The minimum absolute atomic E-state index is 0.00694. The van der Waals surface area contributed by atoms with E-state index in [0.717, 1.165) is 0 Å². The largest absolute Gasteiger partial charge is 0.396 e. The molecule has 0 aliphatic heterocycles. The topological polar surface area (TPSA) is 40.5 Å². The van der Waals surface area contributed by atoms with E-state index in [4.69, 9.17) is 5.11 Å². The van der Waals surface area contributed by atoms with Crippen LogP contribution in [0.25, 0.3) is 0 Å². The van der Waals surface area contributed by atoms with Crippen molar-refractivity contribution in [3.05, 3.63) is 0 Å². The highest BCUT2D eigenvalue weighted by Gasteiger charge is 2.29. The third-order valence-corrected chi connectivity index (χ3v) is 2.19. The van der Waals surface area contributed by atoms with Crippen LogP contribution in [-0.2, 0) is 0 Å². The fraction of sp³-hybridized carbons (Fsp3) is 1.00. The smallest absolute Gasteiger partial charge is 0.0592 e. The van der Waals surface area contributed by atoms with Crippen LogP contribution >= 0.6 is 0 Å². The summed E-state index contributed by atoms with van der Waals surface area (Å²) in [5.74, 6) is -0.00694. The highest BCUT2D eigenvalue weighted by Crippen LogP contribution is 2.29. The van der Waals surface area contributed by atoms with Gasteiger partial charge in [0.15, 0.2) is 0 Å². The predicted molar refractivity (Wildman–Crippen MR) is 46.3 cm³/mol. The Labute approximate surface area is 69.2 Å². The molecule has 0 aromatic rings. The molecule has 0 radical (unpaired) electrons. The average Bonchev–Trinajstić information content (AvgIpc) is 1.86. The summed E-state index contributed by atoms with van der Waals surface area (Å²) in [4.78, 5) is 0. The number of hydrogen-bond donors (Lipinski definition) is 2. The van der Waals surface area contributed by atoms with Crippen LogP contribution < -0.4 is 0 Å². The van der Waals surface area contributed by atoms with Gasteiger partial charge < -0.3 is 10.2 Å². The Kier molecular flexibility index (Phi) is 4.04. The van der Waals surface area contributed by atoms with Gasteiger partial charge >= 0.3 is 0 Å². The fourth-order valence-corrected chi connectivity index (χ4v) is 1.26. The van der Waals surface area contributed by atoms with E-state index in [1.807, 2.05) is 27.7 Å². The van der Waals surface area contributed by atoms with Gasteiger partial charge in [0.2, 0.25) is 0 Å². The number of rotatable bonds is 3. The lowest BCUT2D eigenvalue weighted by molar-refractivity contribution is 0.00388. The molecule has 0 heterocycles. The van der Waals surface area contributed by atoms with Gasteiger partial charge in [-0.2, -0.15) is 0 Å². The molecule has 68 valence electrons. The summed E-state index contributed by atoms with van der Waals surface area (Å²) in [7, 11) is 0. The molecule has 0 bridgehead atoms. The van der Waals surface area contributed by atoms with Crippen LogP contribution in [0, 0.1) is 11.3 Å². The van der Waals surface area contributed by atoms with E-state index in [1.54, 1.807) is 0 Å². The predicted octanol–water partition coefficient (Wildman–Crippen LogP) is 1.41. The first-order valence-electron chi connectivity index (χ1n) is 4.22. The molecule has 0 aromatic heterocycles. The van der Waals surface area contributed by atoms with Crippen molar-refractivity contribution in [2.45, 2.75) is 40.2 Å². The summed E-state index contributed by atoms with van der Waals surface area (Å²) in [5, 5.41) is 18.5. The standard InChI is InChI=1S/C9H20O2/c1-5-8(11)7(6-10)9(2,3)4/h7-8,10-11H,5-6H2,1-4H3. The molecule has 2 nitrogen and oxygen atoms in total. The van der Waals surface area contributed by atoms with E-state index in [-0.39, 0.29) is 24.0 Å². The van der Waals surface area contributed by atoms with Gasteiger partial charge in [-0.1, -0.05) is 27.7 Å². The summed E-state index contributed by atoms with van der Waals surface area (Å²) in [6.07, 6.45) is 0.336. The Morgan fingerprint density at radius 2 is 1.73 bits per heavy atom. The van der Waals surface area contributed by atoms with Crippen LogP contribution in [0.5, 0.6) is 0 Å². The van der Waals surface area contributed by atoms with E-state index in [2.05, 4.69) is 0 Å². The molecule has 0 saturated heterocycles. The maximum absolute atomic E-state index is 9.49. The van der Waals surface area contributed by atoms with Gasteiger partial charge in [-0.15, -0.1) is 0 Å². The molecule has 0 saturated carbocycles. The maximum Gasteiger partial charge on any atom is 0.0592 e. The second kappa shape index (κ2) is 4.07. The lowest BCUT2D eigenvalue weighted by Crippen LogP contribution is -2.34.